The lowest BCUT2D eigenvalue weighted by atomic mass is 10.1. The zero-order valence-corrected chi connectivity index (χ0v) is 17.6. The van der Waals surface area contributed by atoms with Crippen molar-refractivity contribution in [2.45, 2.75) is 31.9 Å². The van der Waals surface area contributed by atoms with Gasteiger partial charge in [-0.05, 0) is 55.7 Å². The van der Waals surface area contributed by atoms with Gasteiger partial charge in [-0.3, -0.25) is 19.9 Å². The minimum absolute atomic E-state index is 0.0837. The van der Waals surface area contributed by atoms with E-state index in [0.717, 1.165) is 30.6 Å². The Morgan fingerprint density at radius 3 is 2.72 bits per heavy atom. The number of hydroxylamine groups is 1. The van der Waals surface area contributed by atoms with Crippen LogP contribution in [0.25, 0.3) is 5.70 Å². The summed E-state index contributed by atoms with van der Waals surface area (Å²) < 4.78 is 0.581. The summed E-state index contributed by atoms with van der Waals surface area (Å²) in [5, 5.41) is 2.84. The first kappa shape index (κ1) is 19.9. The second kappa shape index (κ2) is 8.57. The summed E-state index contributed by atoms with van der Waals surface area (Å²) >= 11 is 7.10. The molecule has 0 aliphatic carbocycles. The fourth-order valence-electron chi connectivity index (χ4n) is 3.56. The van der Waals surface area contributed by atoms with Gasteiger partial charge >= 0.3 is 0 Å². The van der Waals surface area contributed by atoms with E-state index in [2.05, 4.69) is 17.7 Å². The molecule has 4 rings (SSSR count). The normalized spacial score (nSPS) is 21.0. The minimum Gasteiger partial charge on any atom is -0.348 e. The molecule has 1 aromatic heterocycles. The van der Waals surface area contributed by atoms with Crippen LogP contribution in [0.1, 0.15) is 45.4 Å². The Morgan fingerprint density at radius 2 is 2.07 bits per heavy atom. The maximum Gasteiger partial charge on any atom is 0.261 e. The van der Waals surface area contributed by atoms with Crippen LogP contribution in [0.3, 0.4) is 0 Å². The predicted molar refractivity (Wildman–Crippen MR) is 114 cm³/mol. The first-order valence-corrected chi connectivity index (χ1v) is 10.8. The van der Waals surface area contributed by atoms with E-state index in [1.807, 2.05) is 35.2 Å². The van der Waals surface area contributed by atoms with Crippen LogP contribution in [-0.2, 0) is 4.84 Å². The molecular weight excluding hydrogens is 410 g/mol. The van der Waals surface area contributed by atoms with Crippen molar-refractivity contribution in [1.82, 2.24) is 15.7 Å². The molecule has 2 aliphatic rings. The number of likely N-dealkylation sites (tertiary alicyclic amines) is 1. The van der Waals surface area contributed by atoms with Gasteiger partial charge < -0.3 is 10.2 Å². The minimum atomic E-state index is -0.281. The van der Waals surface area contributed by atoms with Gasteiger partial charge in [0, 0.05) is 18.2 Å². The summed E-state index contributed by atoms with van der Waals surface area (Å²) in [7, 11) is 0. The van der Waals surface area contributed by atoms with Gasteiger partial charge in [-0.25, -0.2) is 0 Å². The van der Waals surface area contributed by atoms with E-state index in [4.69, 9.17) is 16.4 Å². The Hall–Kier alpha value is -2.35. The Labute approximate surface area is 178 Å². The topological polar surface area (TPSA) is 70.7 Å². The molecule has 0 bridgehead atoms. The second-order valence-electron chi connectivity index (χ2n) is 7.22. The van der Waals surface area contributed by atoms with Crippen molar-refractivity contribution in [3.05, 3.63) is 62.8 Å². The van der Waals surface area contributed by atoms with Gasteiger partial charge in [-0.2, -0.15) is 0 Å². The lowest BCUT2D eigenvalue weighted by molar-refractivity contribution is 0.0499. The van der Waals surface area contributed by atoms with Crippen molar-refractivity contribution >= 4 is 40.4 Å². The zero-order chi connectivity index (χ0) is 20.4. The summed E-state index contributed by atoms with van der Waals surface area (Å²) in [5.74, 6) is -0.0909. The van der Waals surface area contributed by atoms with Gasteiger partial charge in [0.05, 0.1) is 21.5 Å². The maximum atomic E-state index is 12.6. The van der Waals surface area contributed by atoms with Crippen LogP contribution in [0, 0.1) is 0 Å². The van der Waals surface area contributed by atoms with Crippen molar-refractivity contribution in [3.63, 3.8) is 0 Å². The number of amides is 2. The van der Waals surface area contributed by atoms with Crippen molar-refractivity contribution in [2.24, 2.45) is 0 Å². The van der Waals surface area contributed by atoms with Gasteiger partial charge in [0.25, 0.3) is 11.8 Å². The molecule has 2 N–H and O–H groups in total. The van der Waals surface area contributed by atoms with Gasteiger partial charge in [-0.1, -0.05) is 23.7 Å². The van der Waals surface area contributed by atoms with Crippen LogP contribution in [-0.4, -0.2) is 41.9 Å². The Balaban J connectivity index is 1.35. The number of thiophene rings is 1. The van der Waals surface area contributed by atoms with Gasteiger partial charge in [0.2, 0.25) is 0 Å². The molecule has 2 atom stereocenters. The largest absolute Gasteiger partial charge is 0.348 e. The van der Waals surface area contributed by atoms with Gasteiger partial charge in [0.1, 0.15) is 6.10 Å². The first-order valence-electron chi connectivity index (χ1n) is 9.59. The monoisotopic (exact) mass is 431 g/mol. The summed E-state index contributed by atoms with van der Waals surface area (Å²) in [4.78, 5) is 32.8. The maximum absolute atomic E-state index is 12.6. The number of nitrogens with zero attached hydrogens (tertiary/aromatic N) is 1. The van der Waals surface area contributed by atoms with Crippen molar-refractivity contribution in [2.75, 3.05) is 13.1 Å². The van der Waals surface area contributed by atoms with Crippen LogP contribution < -0.4 is 10.8 Å². The zero-order valence-electron chi connectivity index (χ0n) is 16.0. The van der Waals surface area contributed by atoms with Crippen LogP contribution in [0.15, 0.2) is 42.5 Å². The molecule has 3 heterocycles. The molecule has 2 amide bonds. The molecule has 8 heteroatoms. The smallest absolute Gasteiger partial charge is 0.261 e. The summed E-state index contributed by atoms with van der Waals surface area (Å²) in [6, 6.07) is 11.2. The van der Waals surface area contributed by atoms with Crippen LogP contribution in [0.5, 0.6) is 0 Å². The number of nitrogens with one attached hydrogen (secondary N) is 2. The summed E-state index contributed by atoms with van der Waals surface area (Å²) in [6.07, 6.45) is 3.77. The van der Waals surface area contributed by atoms with E-state index in [-0.39, 0.29) is 17.9 Å². The third-order valence-corrected chi connectivity index (χ3v) is 6.42. The highest BCUT2D eigenvalue weighted by Crippen LogP contribution is 2.23. The predicted octanol–water partition coefficient (Wildman–Crippen LogP) is 3.70. The Bertz CT molecular complexity index is 941. The Morgan fingerprint density at radius 1 is 1.28 bits per heavy atom. The molecule has 2 aromatic rings. The highest BCUT2D eigenvalue weighted by molar-refractivity contribution is 7.17. The van der Waals surface area contributed by atoms with Crippen molar-refractivity contribution < 1.29 is 14.4 Å². The average Bonchev–Trinajstić information content (AvgIpc) is 3.47. The highest BCUT2D eigenvalue weighted by Gasteiger charge is 2.26. The molecule has 1 fully saturated rings. The van der Waals surface area contributed by atoms with E-state index in [0.29, 0.717) is 27.4 Å². The molecule has 6 nitrogen and oxygen atoms in total. The number of benzene rings is 1. The quantitative estimate of drug-likeness (QED) is 0.757. The molecular formula is C21H22ClN3O3S. The lowest BCUT2D eigenvalue weighted by Crippen LogP contribution is -2.33. The average molecular weight is 432 g/mol. The number of halogens is 1. The van der Waals surface area contributed by atoms with E-state index >= 15 is 0 Å². The molecule has 152 valence electrons. The number of hydrogen-bond donors (Lipinski definition) is 2. The number of hydrogen-bond acceptors (Lipinski definition) is 5. The number of carbonyl (C=O) groups is 2. The van der Waals surface area contributed by atoms with E-state index in [1.54, 1.807) is 12.1 Å². The molecule has 0 spiro atoms. The molecule has 1 saturated heterocycles. The van der Waals surface area contributed by atoms with Crippen LogP contribution in [0.4, 0.5) is 0 Å². The third-order valence-electron chi connectivity index (χ3n) is 5.19. The standard InChI is InChI=1S/C21H22ClN3O3S/c1-13-3-2-10-25(13)21(27)15-6-4-14(5-7-15)17-11-16(28-24-17)12-23-20(26)18-8-9-19(22)29-18/h4-9,11,13,16,24H,2-3,10,12H2,1H3,(H,23,26). The summed E-state index contributed by atoms with van der Waals surface area (Å²) in [5.41, 5.74) is 5.33. The summed E-state index contributed by atoms with van der Waals surface area (Å²) in [6.45, 7) is 3.26. The second-order valence-corrected chi connectivity index (χ2v) is 8.93. The molecule has 2 aliphatic heterocycles. The van der Waals surface area contributed by atoms with Crippen LogP contribution >= 0.6 is 22.9 Å². The SMILES string of the molecule is CC1CCCN1C(=O)c1ccc(C2=CC(CNC(=O)c3ccc(Cl)s3)ON2)cc1. The number of rotatable bonds is 5. The molecule has 1 aromatic carbocycles. The fourth-order valence-corrected chi connectivity index (χ4v) is 4.52. The van der Waals surface area contributed by atoms with Crippen LogP contribution in [0.2, 0.25) is 4.34 Å². The molecule has 29 heavy (non-hydrogen) atoms. The number of carbonyl (C=O) groups excluding carboxylic acids is 2. The first-order chi connectivity index (χ1) is 14.0. The third kappa shape index (κ3) is 4.47. The fraction of sp³-hybridized carbons (Fsp3) is 0.333. The van der Waals surface area contributed by atoms with E-state index < -0.39 is 0 Å². The molecule has 0 saturated carbocycles. The highest BCUT2D eigenvalue weighted by atomic mass is 35.5. The van der Waals surface area contributed by atoms with Gasteiger partial charge in [0.15, 0.2) is 0 Å². The lowest BCUT2D eigenvalue weighted by Gasteiger charge is -2.21. The Kier molecular flexibility index (Phi) is 5.89. The van der Waals surface area contributed by atoms with E-state index in [1.165, 1.54) is 11.3 Å². The molecule has 0 radical (unpaired) electrons. The molecule has 2 unspecified atom stereocenters. The van der Waals surface area contributed by atoms with Crippen molar-refractivity contribution in [3.8, 4) is 0 Å². The van der Waals surface area contributed by atoms with E-state index in [9.17, 15) is 9.59 Å². The van der Waals surface area contributed by atoms with Crippen molar-refractivity contribution in [1.29, 1.82) is 0 Å². The van der Waals surface area contributed by atoms with Gasteiger partial charge in [-0.15, -0.1) is 11.3 Å².